The lowest BCUT2D eigenvalue weighted by molar-refractivity contribution is -0.384. The van der Waals surface area contributed by atoms with E-state index in [0.717, 1.165) is 5.69 Å². The van der Waals surface area contributed by atoms with Gasteiger partial charge in [-0.15, -0.1) is 11.3 Å². The number of nitro benzene ring substituents is 1. The molecule has 2 rings (SSSR count). The van der Waals surface area contributed by atoms with Crippen molar-refractivity contribution in [3.8, 4) is 0 Å². The van der Waals surface area contributed by atoms with E-state index in [1.54, 1.807) is 5.51 Å². The molecule has 0 bridgehead atoms. The number of nitro groups is 1. The van der Waals surface area contributed by atoms with Crippen molar-refractivity contribution in [1.29, 1.82) is 0 Å². The Labute approximate surface area is 124 Å². The normalized spacial score (nSPS) is 10.1. The number of carbonyl (C=O) groups is 1. The second-order valence-corrected chi connectivity index (χ2v) is 4.81. The zero-order valence-corrected chi connectivity index (χ0v) is 11.7. The number of hydrogen-bond acceptors (Lipinski definition) is 7. The van der Waals surface area contributed by atoms with Gasteiger partial charge in [-0.25, -0.2) is 4.98 Å². The third-order valence-electron chi connectivity index (χ3n) is 2.78. The Hall–Kier alpha value is -2.52. The molecule has 0 saturated carbocycles. The number of carbonyl (C=O) groups excluding carboxylic acids is 1. The second kappa shape index (κ2) is 6.77. The molecule has 8 nitrogen and oxygen atoms in total. The predicted octanol–water partition coefficient (Wildman–Crippen LogP) is 1.31. The quantitative estimate of drug-likeness (QED) is 0.420. The van der Waals surface area contributed by atoms with Crippen LogP contribution in [0.25, 0.3) is 0 Å². The first kappa shape index (κ1) is 14.9. The Bertz CT molecular complexity index is 644. The molecule has 0 unspecified atom stereocenters. The number of para-hydroxylation sites is 1. The second-order valence-electron chi connectivity index (χ2n) is 4.09. The van der Waals surface area contributed by atoms with Crippen molar-refractivity contribution in [2.45, 2.75) is 6.42 Å². The van der Waals surface area contributed by atoms with E-state index in [9.17, 15) is 14.9 Å². The number of hydrazine groups is 1. The van der Waals surface area contributed by atoms with E-state index < -0.39 is 10.8 Å². The standard InChI is InChI=1S/C12H13N5O3S/c13-16-11-9(2-1-3-10(11)17(19)20)12(18)14-5-4-8-6-21-7-15-8/h1-3,6-7,16H,4-5,13H2,(H,14,18). The molecule has 1 amide bonds. The van der Waals surface area contributed by atoms with Gasteiger partial charge >= 0.3 is 0 Å². The number of rotatable bonds is 6. The average Bonchev–Trinajstić information content (AvgIpc) is 2.99. The first-order valence-electron chi connectivity index (χ1n) is 6.02. The van der Waals surface area contributed by atoms with Gasteiger partial charge in [0.15, 0.2) is 0 Å². The highest BCUT2D eigenvalue weighted by Crippen LogP contribution is 2.27. The number of hydrogen-bond donors (Lipinski definition) is 3. The SMILES string of the molecule is NNc1c(C(=O)NCCc2cscn2)cccc1[N+](=O)[O-]. The van der Waals surface area contributed by atoms with E-state index in [1.807, 2.05) is 5.38 Å². The number of thiazole rings is 1. The monoisotopic (exact) mass is 307 g/mol. The van der Waals surface area contributed by atoms with Crippen molar-refractivity contribution in [3.05, 3.63) is 50.5 Å². The number of aromatic nitrogens is 1. The lowest BCUT2D eigenvalue weighted by Gasteiger charge is -2.09. The number of anilines is 1. The first-order valence-corrected chi connectivity index (χ1v) is 6.97. The molecule has 0 atom stereocenters. The van der Waals surface area contributed by atoms with Gasteiger partial charge in [0.05, 0.1) is 21.7 Å². The van der Waals surface area contributed by atoms with Crippen LogP contribution >= 0.6 is 11.3 Å². The molecular weight excluding hydrogens is 294 g/mol. The number of nitrogens with one attached hydrogen (secondary N) is 2. The summed E-state index contributed by atoms with van der Waals surface area (Å²) in [5, 5.41) is 15.5. The summed E-state index contributed by atoms with van der Waals surface area (Å²) in [5.41, 5.74) is 4.70. The summed E-state index contributed by atoms with van der Waals surface area (Å²) in [5.74, 6) is 4.86. The van der Waals surface area contributed by atoms with Crippen LogP contribution in [0.3, 0.4) is 0 Å². The number of nitrogens with zero attached hydrogens (tertiary/aromatic N) is 2. The summed E-state index contributed by atoms with van der Waals surface area (Å²) in [6, 6.07) is 4.19. The van der Waals surface area contributed by atoms with Gasteiger partial charge in [0.1, 0.15) is 5.69 Å². The van der Waals surface area contributed by atoms with Gasteiger partial charge in [-0.05, 0) is 6.07 Å². The summed E-state index contributed by atoms with van der Waals surface area (Å²) in [6.07, 6.45) is 0.593. The van der Waals surface area contributed by atoms with Crippen molar-refractivity contribution in [2.24, 2.45) is 5.84 Å². The predicted molar refractivity (Wildman–Crippen MR) is 79.1 cm³/mol. The van der Waals surface area contributed by atoms with Crippen molar-refractivity contribution in [2.75, 3.05) is 12.0 Å². The number of nitrogens with two attached hydrogens (primary N) is 1. The van der Waals surface area contributed by atoms with Gasteiger partial charge in [-0.2, -0.15) is 0 Å². The minimum absolute atomic E-state index is 0.00587. The van der Waals surface area contributed by atoms with Gasteiger partial charge in [-0.3, -0.25) is 20.8 Å². The van der Waals surface area contributed by atoms with Gasteiger partial charge in [0.25, 0.3) is 11.6 Å². The smallest absolute Gasteiger partial charge is 0.294 e. The maximum atomic E-state index is 12.1. The Morgan fingerprint density at radius 1 is 1.48 bits per heavy atom. The van der Waals surface area contributed by atoms with E-state index in [0.29, 0.717) is 13.0 Å². The summed E-state index contributed by atoms with van der Waals surface area (Å²) < 4.78 is 0. The van der Waals surface area contributed by atoms with Crippen LogP contribution in [0.1, 0.15) is 16.1 Å². The van der Waals surface area contributed by atoms with E-state index in [2.05, 4.69) is 15.7 Å². The van der Waals surface area contributed by atoms with Crippen molar-refractivity contribution >= 4 is 28.6 Å². The zero-order chi connectivity index (χ0) is 15.2. The molecule has 4 N–H and O–H groups in total. The van der Waals surface area contributed by atoms with E-state index >= 15 is 0 Å². The van der Waals surface area contributed by atoms with Crippen molar-refractivity contribution in [1.82, 2.24) is 10.3 Å². The molecule has 0 fully saturated rings. The maximum absolute atomic E-state index is 12.1. The van der Waals surface area contributed by atoms with Crippen LogP contribution in [0, 0.1) is 10.1 Å². The molecule has 9 heteroatoms. The van der Waals surface area contributed by atoms with Crippen LogP contribution in [-0.4, -0.2) is 22.4 Å². The molecule has 1 heterocycles. The topological polar surface area (TPSA) is 123 Å². The van der Waals surface area contributed by atoms with Crippen LogP contribution < -0.4 is 16.6 Å². The van der Waals surface area contributed by atoms with Crippen LogP contribution in [-0.2, 0) is 6.42 Å². The average molecular weight is 307 g/mol. The van der Waals surface area contributed by atoms with Crippen molar-refractivity contribution < 1.29 is 9.72 Å². The van der Waals surface area contributed by atoms with Crippen LogP contribution in [0.2, 0.25) is 0 Å². The maximum Gasteiger partial charge on any atom is 0.294 e. The fraction of sp³-hybridized carbons (Fsp3) is 0.167. The largest absolute Gasteiger partial charge is 0.352 e. The third-order valence-corrected chi connectivity index (χ3v) is 3.41. The summed E-state index contributed by atoms with van der Waals surface area (Å²) in [6.45, 7) is 0.384. The molecule has 1 aromatic carbocycles. The molecule has 1 aromatic heterocycles. The Morgan fingerprint density at radius 2 is 2.29 bits per heavy atom. The number of amides is 1. The fourth-order valence-corrected chi connectivity index (χ4v) is 2.39. The summed E-state index contributed by atoms with van der Waals surface area (Å²) >= 11 is 1.48. The Kier molecular flexibility index (Phi) is 4.80. The van der Waals surface area contributed by atoms with Gasteiger partial charge in [0.2, 0.25) is 0 Å². The Balaban J connectivity index is 2.08. The summed E-state index contributed by atoms with van der Waals surface area (Å²) in [7, 11) is 0. The molecule has 110 valence electrons. The minimum atomic E-state index is -0.596. The molecule has 0 aliphatic carbocycles. The molecule has 0 aliphatic heterocycles. The third kappa shape index (κ3) is 3.52. The van der Waals surface area contributed by atoms with E-state index in [4.69, 9.17) is 5.84 Å². The molecule has 2 aromatic rings. The highest BCUT2D eigenvalue weighted by molar-refractivity contribution is 7.07. The highest BCUT2D eigenvalue weighted by Gasteiger charge is 2.20. The highest BCUT2D eigenvalue weighted by atomic mass is 32.1. The lowest BCUT2D eigenvalue weighted by atomic mass is 10.1. The van der Waals surface area contributed by atoms with Gasteiger partial charge in [-0.1, -0.05) is 6.07 Å². The number of nitrogen functional groups attached to an aromatic ring is 1. The molecule has 0 aliphatic rings. The zero-order valence-electron chi connectivity index (χ0n) is 10.9. The molecule has 0 radical (unpaired) electrons. The summed E-state index contributed by atoms with van der Waals surface area (Å²) in [4.78, 5) is 26.5. The van der Waals surface area contributed by atoms with Crippen LogP contribution in [0.4, 0.5) is 11.4 Å². The van der Waals surface area contributed by atoms with Crippen LogP contribution in [0.5, 0.6) is 0 Å². The molecular formula is C12H13N5O3S. The van der Waals surface area contributed by atoms with Gasteiger partial charge < -0.3 is 10.7 Å². The fourth-order valence-electron chi connectivity index (χ4n) is 1.79. The molecule has 21 heavy (non-hydrogen) atoms. The van der Waals surface area contributed by atoms with Gasteiger partial charge in [0, 0.05) is 24.4 Å². The molecule has 0 saturated heterocycles. The van der Waals surface area contributed by atoms with Crippen molar-refractivity contribution in [3.63, 3.8) is 0 Å². The van der Waals surface area contributed by atoms with E-state index in [-0.39, 0.29) is 16.9 Å². The lowest BCUT2D eigenvalue weighted by Crippen LogP contribution is -2.27. The van der Waals surface area contributed by atoms with E-state index in [1.165, 1.54) is 29.5 Å². The Morgan fingerprint density at radius 3 is 2.90 bits per heavy atom. The molecule has 0 spiro atoms. The van der Waals surface area contributed by atoms with Crippen LogP contribution in [0.15, 0.2) is 29.1 Å². The first-order chi connectivity index (χ1) is 10.1. The number of benzene rings is 1. The minimum Gasteiger partial charge on any atom is -0.352 e.